The Balaban J connectivity index is 2.91. The molecule has 0 fully saturated rings. The Labute approximate surface area is 99.5 Å². The number of nitrogens with two attached hydrogens (primary N) is 1. The fourth-order valence-corrected chi connectivity index (χ4v) is 2.26. The third-order valence-corrected chi connectivity index (χ3v) is 3.12. The van der Waals surface area contributed by atoms with Crippen LogP contribution >= 0.6 is 0 Å². The molecule has 1 aromatic carbocycles. The van der Waals surface area contributed by atoms with Crippen LogP contribution in [0.1, 0.15) is 37.4 Å². The molecule has 2 heteroatoms. The van der Waals surface area contributed by atoms with E-state index < -0.39 is 0 Å². The Morgan fingerprint density at radius 1 is 1.25 bits per heavy atom. The van der Waals surface area contributed by atoms with Gasteiger partial charge in [-0.3, -0.25) is 4.90 Å². The average Bonchev–Trinajstić information content (AvgIpc) is 2.29. The summed E-state index contributed by atoms with van der Waals surface area (Å²) in [5.41, 5.74) is 8.45. The Bertz CT molecular complexity index is 305. The van der Waals surface area contributed by atoms with Crippen molar-refractivity contribution in [3.05, 3.63) is 35.4 Å². The molecule has 0 spiro atoms. The first kappa shape index (κ1) is 13.2. The molecule has 0 aromatic heterocycles. The van der Waals surface area contributed by atoms with Gasteiger partial charge in [-0.2, -0.15) is 0 Å². The minimum atomic E-state index is 0.472. The molecule has 0 aliphatic carbocycles. The van der Waals surface area contributed by atoms with Crippen molar-refractivity contribution in [2.24, 2.45) is 5.73 Å². The van der Waals surface area contributed by atoms with Gasteiger partial charge in [-0.1, -0.05) is 43.7 Å². The molecule has 0 saturated carbocycles. The molecule has 1 aromatic rings. The largest absolute Gasteiger partial charge is 0.330 e. The van der Waals surface area contributed by atoms with Crippen LogP contribution in [0.5, 0.6) is 0 Å². The van der Waals surface area contributed by atoms with Crippen molar-refractivity contribution in [3.63, 3.8) is 0 Å². The maximum atomic E-state index is 5.73. The minimum absolute atomic E-state index is 0.472. The van der Waals surface area contributed by atoms with Crippen LogP contribution in [0.2, 0.25) is 0 Å². The lowest BCUT2D eigenvalue weighted by Crippen LogP contribution is -2.30. The van der Waals surface area contributed by atoms with Gasteiger partial charge >= 0.3 is 0 Å². The highest BCUT2D eigenvalue weighted by molar-refractivity contribution is 5.25. The van der Waals surface area contributed by atoms with Crippen LogP contribution in [-0.4, -0.2) is 24.5 Å². The molecule has 0 bridgehead atoms. The van der Waals surface area contributed by atoms with Gasteiger partial charge in [-0.05, 0) is 38.5 Å². The average molecular weight is 220 g/mol. The number of nitrogens with zero attached hydrogens (tertiary/aromatic N) is 1. The third kappa shape index (κ3) is 3.32. The maximum absolute atomic E-state index is 5.73. The first-order valence-corrected chi connectivity index (χ1v) is 6.23. The van der Waals surface area contributed by atoms with Crippen LogP contribution < -0.4 is 5.73 Å². The quantitative estimate of drug-likeness (QED) is 0.798. The summed E-state index contributed by atoms with van der Waals surface area (Å²) >= 11 is 0. The van der Waals surface area contributed by atoms with Crippen LogP contribution in [0.25, 0.3) is 0 Å². The summed E-state index contributed by atoms with van der Waals surface area (Å²) in [6.07, 6.45) is 1.03. The van der Waals surface area contributed by atoms with Crippen molar-refractivity contribution >= 4 is 0 Å². The Morgan fingerprint density at radius 2 is 1.94 bits per heavy atom. The van der Waals surface area contributed by atoms with Crippen molar-refractivity contribution < 1.29 is 0 Å². The fourth-order valence-electron chi connectivity index (χ4n) is 2.26. The zero-order chi connectivity index (χ0) is 12.0. The Morgan fingerprint density at radius 3 is 2.44 bits per heavy atom. The van der Waals surface area contributed by atoms with E-state index in [-0.39, 0.29) is 0 Å². The highest BCUT2D eigenvalue weighted by Crippen LogP contribution is 2.24. The Kier molecular flexibility index (Phi) is 5.50. The second kappa shape index (κ2) is 6.66. The molecule has 0 saturated heterocycles. The van der Waals surface area contributed by atoms with E-state index in [4.69, 9.17) is 5.73 Å². The molecule has 0 heterocycles. The highest BCUT2D eigenvalue weighted by atomic mass is 15.1. The van der Waals surface area contributed by atoms with Gasteiger partial charge in [0.2, 0.25) is 0 Å². The molecule has 2 nitrogen and oxygen atoms in total. The van der Waals surface area contributed by atoms with E-state index >= 15 is 0 Å². The summed E-state index contributed by atoms with van der Waals surface area (Å²) in [5.74, 6) is 0. The number of benzene rings is 1. The van der Waals surface area contributed by atoms with E-state index in [1.165, 1.54) is 11.1 Å². The lowest BCUT2D eigenvalue weighted by molar-refractivity contribution is 0.210. The minimum Gasteiger partial charge on any atom is -0.330 e. The van der Waals surface area contributed by atoms with Crippen LogP contribution in [-0.2, 0) is 0 Å². The highest BCUT2D eigenvalue weighted by Gasteiger charge is 2.16. The van der Waals surface area contributed by atoms with E-state index in [0.29, 0.717) is 6.04 Å². The monoisotopic (exact) mass is 220 g/mol. The predicted octanol–water partition coefficient (Wildman–Crippen LogP) is 2.73. The van der Waals surface area contributed by atoms with Gasteiger partial charge < -0.3 is 5.73 Å². The van der Waals surface area contributed by atoms with E-state index in [1.54, 1.807) is 0 Å². The van der Waals surface area contributed by atoms with E-state index in [2.05, 4.69) is 49.9 Å². The lowest BCUT2D eigenvalue weighted by atomic mass is 10.00. The lowest BCUT2D eigenvalue weighted by Gasteiger charge is -2.30. The summed E-state index contributed by atoms with van der Waals surface area (Å²) < 4.78 is 0. The smallest absolute Gasteiger partial charge is 0.0359 e. The fraction of sp³-hybridized carbons (Fsp3) is 0.571. The zero-order valence-corrected chi connectivity index (χ0v) is 10.7. The van der Waals surface area contributed by atoms with E-state index in [0.717, 1.165) is 26.1 Å². The Hall–Kier alpha value is -0.860. The number of rotatable bonds is 6. The van der Waals surface area contributed by atoms with E-state index in [9.17, 15) is 0 Å². The van der Waals surface area contributed by atoms with Crippen molar-refractivity contribution in [2.45, 2.75) is 33.2 Å². The SMILES string of the molecule is CCN(CC)C(CCN)c1cccc(C)c1. The maximum Gasteiger partial charge on any atom is 0.0359 e. The predicted molar refractivity (Wildman–Crippen MR) is 70.5 cm³/mol. The second-order valence-electron chi connectivity index (χ2n) is 4.23. The number of hydrogen-bond donors (Lipinski definition) is 1. The van der Waals surface area contributed by atoms with Crippen LogP contribution in [0.15, 0.2) is 24.3 Å². The summed E-state index contributed by atoms with van der Waals surface area (Å²) in [4.78, 5) is 2.47. The van der Waals surface area contributed by atoms with Crippen molar-refractivity contribution in [1.29, 1.82) is 0 Å². The van der Waals surface area contributed by atoms with Crippen LogP contribution in [0, 0.1) is 6.92 Å². The standard InChI is InChI=1S/C14H24N2/c1-4-16(5-2)14(9-10-15)13-8-6-7-12(3)11-13/h6-8,11,14H,4-5,9-10,15H2,1-3H3. The molecule has 0 aliphatic heterocycles. The van der Waals surface area contributed by atoms with Gasteiger partial charge in [0.25, 0.3) is 0 Å². The molecule has 0 radical (unpaired) electrons. The third-order valence-electron chi connectivity index (χ3n) is 3.12. The molecule has 1 atom stereocenters. The van der Waals surface area contributed by atoms with E-state index in [1.807, 2.05) is 0 Å². The number of hydrogen-bond acceptors (Lipinski definition) is 2. The first-order chi connectivity index (χ1) is 7.72. The van der Waals surface area contributed by atoms with Crippen LogP contribution in [0.4, 0.5) is 0 Å². The van der Waals surface area contributed by atoms with Gasteiger partial charge in [0.1, 0.15) is 0 Å². The van der Waals surface area contributed by atoms with Crippen molar-refractivity contribution in [1.82, 2.24) is 4.90 Å². The van der Waals surface area contributed by atoms with Crippen molar-refractivity contribution in [3.8, 4) is 0 Å². The molecule has 0 amide bonds. The molecule has 16 heavy (non-hydrogen) atoms. The molecule has 1 unspecified atom stereocenters. The molecule has 90 valence electrons. The molecular weight excluding hydrogens is 196 g/mol. The summed E-state index contributed by atoms with van der Waals surface area (Å²) in [7, 11) is 0. The van der Waals surface area contributed by atoms with Gasteiger partial charge in [-0.15, -0.1) is 0 Å². The van der Waals surface area contributed by atoms with Gasteiger partial charge in [0.05, 0.1) is 0 Å². The number of aryl methyl sites for hydroxylation is 1. The normalized spacial score (nSPS) is 13.1. The zero-order valence-electron chi connectivity index (χ0n) is 10.7. The van der Waals surface area contributed by atoms with Crippen LogP contribution in [0.3, 0.4) is 0 Å². The summed E-state index contributed by atoms with van der Waals surface area (Å²) in [5, 5.41) is 0. The first-order valence-electron chi connectivity index (χ1n) is 6.23. The second-order valence-corrected chi connectivity index (χ2v) is 4.23. The van der Waals surface area contributed by atoms with Crippen molar-refractivity contribution in [2.75, 3.05) is 19.6 Å². The van der Waals surface area contributed by atoms with Gasteiger partial charge in [0, 0.05) is 6.04 Å². The molecular formula is C14H24N2. The summed E-state index contributed by atoms with van der Waals surface area (Å²) in [6.45, 7) is 9.47. The molecule has 0 aliphatic rings. The topological polar surface area (TPSA) is 29.3 Å². The molecule has 2 N–H and O–H groups in total. The molecule has 1 rings (SSSR count). The van der Waals surface area contributed by atoms with Gasteiger partial charge in [0.15, 0.2) is 0 Å². The summed E-state index contributed by atoms with van der Waals surface area (Å²) in [6, 6.07) is 9.24. The van der Waals surface area contributed by atoms with Gasteiger partial charge in [-0.25, -0.2) is 0 Å².